The largest absolute Gasteiger partial charge is 0.491 e. The van der Waals surface area contributed by atoms with Crippen molar-refractivity contribution in [3.63, 3.8) is 0 Å². The molecular formula is C18H25BrO3. The van der Waals surface area contributed by atoms with Gasteiger partial charge in [-0.25, -0.2) is 0 Å². The van der Waals surface area contributed by atoms with E-state index in [0.29, 0.717) is 5.92 Å². The molecule has 0 spiro atoms. The van der Waals surface area contributed by atoms with Gasteiger partial charge in [0.05, 0.1) is 6.10 Å². The molecule has 1 aliphatic rings. The van der Waals surface area contributed by atoms with E-state index in [2.05, 4.69) is 15.9 Å². The van der Waals surface area contributed by atoms with Gasteiger partial charge in [-0.05, 0) is 65.0 Å². The van der Waals surface area contributed by atoms with Crippen molar-refractivity contribution in [3.8, 4) is 5.75 Å². The summed E-state index contributed by atoms with van der Waals surface area (Å²) in [7, 11) is 0. The molecule has 1 fully saturated rings. The molecule has 1 aromatic carbocycles. The summed E-state index contributed by atoms with van der Waals surface area (Å²) in [6, 6.07) is 5.92. The van der Waals surface area contributed by atoms with Crippen LogP contribution >= 0.6 is 15.9 Å². The lowest BCUT2D eigenvalue weighted by Gasteiger charge is -2.24. The lowest BCUT2D eigenvalue weighted by atomic mass is 9.99. The minimum absolute atomic E-state index is 0.114. The zero-order valence-electron chi connectivity index (χ0n) is 14.0. The van der Waals surface area contributed by atoms with Crippen molar-refractivity contribution < 1.29 is 14.3 Å². The number of alkyl halides is 1. The standard InChI is InChI=1S/C18H25BrO3/c1-11(2)21-14-8-6-7-13(15(14)12-9-10-12)16(19)17(20)22-18(3,4)5/h6-8,11-12,16H,9-10H2,1-5H3. The fraction of sp³-hybridized carbons (Fsp3) is 0.611. The molecule has 0 saturated heterocycles. The SMILES string of the molecule is CC(C)Oc1cccc(C(Br)C(=O)OC(C)(C)C)c1C1CC1. The number of carbonyl (C=O) groups excluding carboxylic acids is 1. The van der Waals surface area contributed by atoms with E-state index < -0.39 is 10.4 Å². The monoisotopic (exact) mass is 368 g/mol. The zero-order valence-corrected chi connectivity index (χ0v) is 15.6. The molecule has 0 aliphatic heterocycles. The minimum atomic E-state index is -0.491. The molecular weight excluding hydrogens is 344 g/mol. The third-order valence-corrected chi connectivity index (χ3v) is 4.20. The van der Waals surface area contributed by atoms with Gasteiger partial charge in [-0.1, -0.05) is 28.1 Å². The Morgan fingerprint density at radius 1 is 1.27 bits per heavy atom. The van der Waals surface area contributed by atoms with E-state index in [9.17, 15) is 4.79 Å². The van der Waals surface area contributed by atoms with Crippen LogP contribution in [0.3, 0.4) is 0 Å². The van der Waals surface area contributed by atoms with Crippen LogP contribution in [-0.2, 0) is 9.53 Å². The molecule has 1 saturated carbocycles. The Morgan fingerprint density at radius 2 is 1.91 bits per heavy atom. The third kappa shape index (κ3) is 4.48. The van der Waals surface area contributed by atoms with Gasteiger partial charge in [0.25, 0.3) is 0 Å². The molecule has 1 atom stereocenters. The molecule has 0 radical (unpaired) electrons. The van der Waals surface area contributed by atoms with Crippen LogP contribution in [0.2, 0.25) is 0 Å². The van der Waals surface area contributed by atoms with E-state index in [-0.39, 0.29) is 12.1 Å². The summed E-state index contributed by atoms with van der Waals surface area (Å²) in [6.45, 7) is 9.67. The molecule has 122 valence electrons. The van der Waals surface area contributed by atoms with Crippen molar-refractivity contribution in [2.75, 3.05) is 0 Å². The maximum atomic E-state index is 12.4. The van der Waals surface area contributed by atoms with Gasteiger partial charge in [0.15, 0.2) is 0 Å². The summed E-state index contributed by atoms with van der Waals surface area (Å²) >= 11 is 3.52. The van der Waals surface area contributed by atoms with E-state index in [4.69, 9.17) is 9.47 Å². The quantitative estimate of drug-likeness (QED) is 0.533. The van der Waals surface area contributed by atoms with Gasteiger partial charge in [0, 0.05) is 5.56 Å². The first-order valence-corrected chi connectivity index (χ1v) is 8.77. The Balaban J connectivity index is 2.31. The Kier molecular flexibility index (Phi) is 5.21. The topological polar surface area (TPSA) is 35.5 Å². The second kappa shape index (κ2) is 6.61. The maximum Gasteiger partial charge on any atom is 0.324 e. The van der Waals surface area contributed by atoms with Crippen molar-refractivity contribution in [1.82, 2.24) is 0 Å². The first-order valence-electron chi connectivity index (χ1n) is 7.85. The fourth-order valence-corrected chi connectivity index (χ4v) is 2.92. The van der Waals surface area contributed by atoms with Crippen LogP contribution in [0, 0.1) is 0 Å². The Labute approximate surface area is 141 Å². The predicted octanol–water partition coefficient (Wildman–Crippen LogP) is 5.13. The highest BCUT2D eigenvalue weighted by Crippen LogP contribution is 2.49. The Morgan fingerprint density at radius 3 is 2.41 bits per heavy atom. The van der Waals surface area contributed by atoms with E-state index in [0.717, 1.165) is 29.7 Å². The van der Waals surface area contributed by atoms with E-state index >= 15 is 0 Å². The highest BCUT2D eigenvalue weighted by atomic mass is 79.9. The van der Waals surface area contributed by atoms with Crippen molar-refractivity contribution in [1.29, 1.82) is 0 Å². The van der Waals surface area contributed by atoms with Crippen molar-refractivity contribution in [2.45, 2.75) is 69.9 Å². The molecule has 1 unspecified atom stereocenters. The van der Waals surface area contributed by atoms with Gasteiger partial charge in [0.2, 0.25) is 0 Å². The van der Waals surface area contributed by atoms with E-state index in [1.54, 1.807) is 0 Å². The van der Waals surface area contributed by atoms with Gasteiger partial charge >= 0.3 is 5.97 Å². The first-order chi connectivity index (χ1) is 10.2. The van der Waals surface area contributed by atoms with Crippen molar-refractivity contribution in [2.24, 2.45) is 0 Å². The van der Waals surface area contributed by atoms with Crippen LogP contribution < -0.4 is 4.74 Å². The second-order valence-electron chi connectivity index (χ2n) is 7.10. The summed E-state index contributed by atoms with van der Waals surface area (Å²) in [5.74, 6) is 1.13. The molecule has 4 heteroatoms. The molecule has 2 rings (SSSR count). The third-order valence-electron chi connectivity index (χ3n) is 3.33. The zero-order chi connectivity index (χ0) is 16.5. The number of halogens is 1. The summed E-state index contributed by atoms with van der Waals surface area (Å²) < 4.78 is 11.4. The smallest absolute Gasteiger partial charge is 0.324 e. The molecule has 0 aromatic heterocycles. The molecule has 22 heavy (non-hydrogen) atoms. The Bertz CT molecular complexity index is 542. The number of benzene rings is 1. The van der Waals surface area contributed by atoms with Crippen LogP contribution in [0.4, 0.5) is 0 Å². The minimum Gasteiger partial charge on any atom is -0.491 e. The first kappa shape index (κ1) is 17.3. The summed E-state index contributed by atoms with van der Waals surface area (Å²) in [6.07, 6.45) is 2.42. The van der Waals surface area contributed by atoms with E-state index in [1.807, 2.05) is 52.8 Å². The number of hydrogen-bond acceptors (Lipinski definition) is 3. The van der Waals surface area contributed by atoms with Gasteiger partial charge in [-0.2, -0.15) is 0 Å². The normalized spacial score (nSPS) is 16.5. The van der Waals surface area contributed by atoms with E-state index in [1.165, 1.54) is 0 Å². The molecule has 0 bridgehead atoms. The summed E-state index contributed by atoms with van der Waals surface area (Å²) in [5, 5.41) is 0. The number of rotatable bonds is 5. The molecule has 1 aromatic rings. The lowest BCUT2D eigenvalue weighted by molar-refractivity contribution is -0.154. The summed E-state index contributed by atoms with van der Waals surface area (Å²) in [4.78, 5) is 11.9. The maximum absolute atomic E-state index is 12.4. The number of carbonyl (C=O) groups is 1. The van der Waals surface area contributed by atoms with Crippen LogP contribution in [0.25, 0.3) is 0 Å². The predicted molar refractivity (Wildman–Crippen MR) is 91.7 cm³/mol. The van der Waals surface area contributed by atoms with Gasteiger partial charge < -0.3 is 9.47 Å². The van der Waals surface area contributed by atoms with Gasteiger partial charge in [-0.3, -0.25) is 4.79 Å². The summed E-state index contributed by atoms with van der Waals surface area (Å²) in [5.41, 5.74) is 1.63. The van der Waals surface area contributed by atoms with Crippen molar-refractivity contribution >= 4 is 21.9 Å². The fourth-order valence-electron chi connectivity index (χ4n) is 2.43. The molecule has 0 heterocycles. The average Bonchev–Trinajstić information content (AvgIpc) is 3.19. The highest BCUT2D eigenvalue weighted by molar-refractivity contribution is 9.09. The molecule has 0 amide bonds. The van der Waals surface area contributed by atoms with Crippen molar-refractivity contribution in [3.05, 3.63) is 29.3 Å². The lowest BCUT2D eigenvalue weighted by Crippen LogP contribution is -2.26. The van der Waals surface area contributed by atoms with Gasteiger partial charge in [0.1, 0.15) is 16.2 Å². The molecule has 0 N–H and O–H groups in total. The van der Waals surface area contributed by atoms with Crippen LogP contribution in [0.15, 0.2) is 18.2 Å². The van der Waals surface area contributed by atoms with Gasteiger partial charge in [-0.15, -0.1) is 0 Å². The van der Waals surface area contributed by atoms with Crippen LogP contribution in [-0.4, -0.2) is 17.7 Å². The molecule has 1 aliphatic carbocycles. The average molecular weight is 369 g/mol. The Hall–Kier alpha value is -1.03. The van der Waals surface area contributed by atoms with Crippen LogP contribution in [0.1, 0.15) is 69.3 Å². The second-order valence-corrected chi connectivity index (χ2v) is 8.01. The molecule has 3 nitrogen and oxygen atoms in total. The highest BCUT2D eigenvalue weighted by Gasteiger charge is 2.34. The number of hydrogen-bond donors (Lipinski definition) is 0. The number of ether oxygens (including phenoxy) is 2. The van der Waals surface area contributed by atoms with Crippen LogP contribution in [0.5, 0.6) is 5.75 Å². The number of esters is 1.